The molecule has 0 bridgehead atoms. The van der Waals surface area contributed by atoms with Crippen molar-refractivity contribution in [3.05, 3.63) is 72.5 Å². The number of allylic oxidation sites excluding steroid dienone is 1. The average molecular weight is 462 g/mol. The van der Waals surface area contributed by atoms with Gasteiger partial charge in [-0.05, 0) is 57.2 Å². The minimum Gasteiger partial charge on any atom is -0.492 e. The third-order valence-electron chi connectivity index (χ3n) is 4.80. The molecule has 0 saturated carbocycles. The van der Waals surface area contributed by atoms with E-state index in [0.717, 1.165) is 11.4 Å². The van der Waals surface area contributed by atoms with Crippen molar-refractivity contribution in [3.8, 4) is 11.4 Å². The van der Waals surface area contributed by atoms with Gasteiger partial charge in [0.25, 0.3) is 0 Å². The SMILES string of the molecule is CC(C)(C)Oc1ccc(-n2nc(NC3C=CC(OCCn4ccnc4)=CC3=C=O)nc2N)cc1. The number of carbonyl (C=O) groups excluding carboxylic acids is 1. The molecular weight excluding hydrogens is 434 g/mol. The van der Waals surface area contributed by atoms with Crippen molar-refractivity contribution in [2.75, 3.05) is 17.7 Å². The molecule has 1 aliphatic carbocycles. The second-order valence-electron chi connectivity index (χ2n) is 8.65. The van der Waals surface area contributed by atoms with Gasteiger partial charge in [0.2, 0.25) is 11.9 Å². The van der Waals surface area contributed by atoms with E-state index in [9.17, 15) is 4.79 Å². The molecule has 1 aromatic carbocycles. The summed E-state index contributed by atoms with van der Waals surface area (Å²) in [4.78, 5) is 19.8. The molecule has 10 nitrogen and oxygen atoms in total. The number of ether oxygens (including phenoxy) is 2. The lowest BCUT2D eigenvalue weighted by atomic mass is 10.0. The Morgan fingerprint density at radius 3 is 2.71 bits per heavy atom. The van der Waals surface area contributed by atoms with E-state index >= 15 is 0 Å². The number of nitrogens with zero attached hydrogens (tertiary/aromatic N) is 5. The normalized spacial score (nSPS) is 15.6. The highest BCUT2D eigenvalue weighted by atomic mass is 16.5. The van der Waals surface area contributed by atoms with E-state index in [0.29, 0.717) is 24.5 Å². The van der Waals surface area contributed by atoms with Crippen LogP contribution in [0.2, 0.25) is 0 Å². The van der Waals surface area contributed by atoms with E-state index in [-0.39, 0.29) is 17.5 Å². The summed E-state index contributed by atoms with van der Waals surface area (Å²) in [7, 11) is 0. The van der Waals surface area contributed by atoms with E-state index in [2.05, 4.69) is 20.4 Å². The van der Waals surface area contributed by atoms with Crippen LogP contribution >= 0.6 is 0 Å². The number of anilines is 2. The number of aromatic nitrogens is 5. The fourth-order valence-electron chi connectivity index (χ4n) is 3.31. The van der Waals surface area contributed by atoms with Gasteiger partial charge in [-0.1, -0.05) is 6.08 Å². The molecule has 1 aliphatic rings. The van der Waals surface area contributed by atoms with Crippen molar-refractivity contribution >= 4 is 17.8 Å². The molecule has 176 valence electrons. The highest BCUT2D eigenvalue weighted by Gasteiger charge is 2.19. The predicted octanol–water partition coefficient (Wildman–Crippen LogP) is 2.93. The first-order valence-electron chi connectivity index (χ1n) is 10.8. The molecule has 4 rings (SSSR count). The van der Waals surface area contributed by atoms with Gasteiger partial charge in [0.15, 0.2) is 0 Å². The zero-order valence-electron chi connectivity index (χ0n) is 19.3. The summed E-state index contributed by atoms with van der Waals surface area (Å²) >= 11 is 0. The first-order chi connectivity index (χ1) is 16.3. The number of nitrogens with one attached hydrogen (secondary N) is 1. The van der Waals surface area contributed by atoms with Crippen molar-refractivity contribution in [1.82, 2.24) is 24.3 Å². The average Bonchev–Trinajstić information content (AvgIpc) is 3.44. The Labute approximate surface area is 197 Å². The largest absolute Gasteiger partial charge is 0.492 e. The summed E-state index contributed by atoms with van der Waals surface area (Å²) < 4.78 is 15.0. The van der Waals surface area contributed by atoms with Crippen molar-refractivity contribution in [3.63, 3.8) is 0 Å². The quantitative estimate of drug-likeness (QED) is 0.491. The van der Waals surface area contributed by atoms with Crippen molar-refractivity contribution in [2.45, 2.75) is 39.0 Å². The Morgan fingerprint density at radius 1 is 1.24 bits per heavy atom. The molecule has 1 atom stereocenters. The minimum absolute atomic E-state index is 0.211. The van der Waals surface area contributed by atoms with Crippen LogP contribution in [0.15, 0.2) is 72.5 Å². The van der Waals surface area contributed by atoms with Gasteiger partial charge >= 0.3 is 0 Å². The second kappa shape index (κ2) is 9.68. The Bertz CT molecular complexity index is 1230. The molecule has 3 N–H and O–H groups in total. The van der Waals surface area contributed by atoms with Gasteiger partial charge in [0, 0.05) is 12.4 Å². The summed E-state index contributed by atoms with van der Waals surface area (Å²) in [5.74, 6) is 3.78. The van der Waals surface area contributed by atoms with Crippen LogP contribution in [0.1, 0.15) is 20.8 Å². The Hall–Kier alpha value is -4.30. The molecule has 0 radical (unpaired) electrons. The summed E-state index contributed by atoms with van der Waals surface area (Å²) in [6.07, 6.45) is 10.5. The highest BCUT2D eigenvalue weighted by molar-refractivity contribution is 5.65. The minimum atomic E-state index is -0.462. The first kappa shape index (κ1) is 22.9. The smallest absolute Gasteiger partial charge is 0.245 e. The molecule has 0 aliphatic heterocycles. The van der Waals surface area contributed by atoms with Crippen LogP contribution in [0.3, 0.4) is 0 Å². The van der Waals surface area contributed by atoms with Gasteiger partial charge in [-0.25, -0.2) is 9.78 Å². The maximum absolute atomic E-state index is 11.6. The van der Waals surface area contributed by atoms with Gasteiger partial charge in [0.05, 0.1) is 30.2 Å². The maximum atomic E-state index is 11.6. The van der Waals surface area contributed by atoms with E-state index < -0.39 is 6.04 Å². The van der Waals surface area contributed by atoms with Crippen LogP contribution in [0.5, 0.6) is 5.75 Å². The fourth-order valence-corrected chi connectivity index (χ4v) is 3.31. The van der Waals surface area contributed by atoms with Crippen molar-refractivity contribution < 1.29 is 14.3 Å². The topological polar surface area (TPSA) is 122 Å². The molecule has 10 heteroatoms. The van der Waals surface area contributed by atoms with Gasteiger partial charge in [0.1, 0.15) is 29.7 Å². The van der Waals surface area contributed by atoms with Crippen LogP contribution in [-0.2, 0) is 16.1 Å². The van der Waals surface area contributed by atoms with E-state index in [4.69, 9.17) is 15.2 Å². The zero-order valence-corrected chi connectivity index (χ0v) is 19.3. The van der Waals surface area contributed by atoms with Crippen LogP contribution in [0.4, 0.5) is 11.9 Å². The molecule has 0 fully saturated rings. The Balaban J connectivity index is 1.39. The number of rotatable bonds is 8. The van der Waals surface area contributed by atoms with Gasteiger partial charge in [-0.3, -0.25) is 0 Å². The Kier molecular flexibility index (Phi) is 6.51. The van der Waals surface area contributed by atoms with Gasteiger partial charge in [-0.2, -0.15) is 9.67 Å². The third-order valence-corrected chi connectivity index (χ3v) is 4.80. The van der Waals surface area contributed by atoms with E-state index in [1.165, 1.54) is 4.68 Å². The molecule has 3 aromatic rings. The molecule has 0 saturated heterocycles. The summed E-state index contributed by atoms with van der Waals surface area (Å²) in [6.45, 7) is 7.06. The molecule has 0 amide bonds. The standard InChI is InChI=1S/C24H27N7O3/c1-24(2,3)34-19-6-4-18(5-7-19)31-22(25)28-23(29-31)27-21-9-8-20(14-17(21)15-32)33-13-12-30-11-10-26-16-30/h4-11,14,16,21H,12-13H2,1-3H3,(H3,25,27,28,29). The molecule has 2 heterocycles. The molecule has 2 aromatic heterocycles. The van der Waals surface area contributed by atoms with Crippen LogP contribution < -0.4 is 15.8 Å². The summed E-state index contributed by atoms with van der Waals surface area (Å²) in [5, 5.41) is 7.54. The zero-order chi connectivity index (χ0) is 24.1. The van der Waals surface area contributed by atoms with Gasteiger partial charge in [-0.15, -0.1) is 5.10 Å². The third kappa shape index (κ3) is 5.73. The van der Waals surface area contributed by atoms with Crippen LogP contribution in [0.25, 0.3) is 5.69 Å². The van der Waals surface area contributed by atoms with Crippen molar-refractivity contribution in [1.29, 1.82) is 0 Å². The van der Waals surface area contributed by atoms with Crippen molar-refractivity contribution in [2.24, 2.45) is 0 Å². The molecule has 34 heavy (non-hydrogen) atoms. The number of nitrogen functional groups attached to an aromatic ring is 1. The lowest BCUT2D eigenvalue weighted by Gasteiger charge is -2.21. The summed E-state index contributed by atoms with van der Waals surface area (Å²) in [5.41, 5.74) is 6.90. The predicted molar refractivity (Wildman–Crippen MR) is 128 cm³/mol. The molecule has 1 unspecified atom stereocenters. The maximum Gasteiger partial charge on any atom is 0.245 e. The lowest BCUT2D eigenvalue weighted by molar-refractivity contribution is 0.131. The number of hydrogen-bond acceptors (Lipinski definition) is 8. The van der Waals surface area contributed by atoms with Crippen LogP contribution in [-0.4, -0.2) is 48.5 Å². The van der Waals surface area contributed by atoms with Crippen LogP contribution in [0, 0.1) is 0 Å². The van der Waals surface area contributed by atoms with E-state index in [1.807, 2.05) is 61.7 Å². The molecular formula is C24H27N7O3. The van der Waals surface area contributed by atoms with Gasteiger partial charge < -0.3 is 25.1 Å². The number of hydrogen-bond donors (Lipinski definition) is 2. The fraction of sp³-hybridized carbons (Fsp3) is 0.292. The Morgan fingerprint density at radius 2 is 2.03 bits per heavy atom. The van der Waals surface area contributed by atoms with E-state index in [1.54, 1.807) is 30.8 Å². The summed E-state index contributed by atoms with van der Waals surface area (Å²) in [6, 6.07) is 6.94. The first-order valence-corrected chi connectivity index (χ1v) is 10.8. The highest BCUT2D eigenvalue weighted by Crippen LogP contribution is 2.23. The number of benzene rings is 1. The second-order valence-corrected chi connectivity index (χ2v) is 8.65. The number of nitrogens with two attached hydrogens (primary N) is 1. The lowest BCUT2D eigenvalue weighted by Crippen LogP contribution is -2.23. The molecule has 0 spiro atoms. The monoisotopic (exact) mass is 461 g/mol. The number of imidazole rings is 1.